The molecule has 1 spiro atoms. The monoisotopic (exact) mass is 695 g/mol. The number of nitrogens with one attached hydrogen (secondary N) is 1. The number of phosphoric ester groups is 2. The molecular weight excluding hydrogens is 664 g/mol. The van der Waals surface area contributed by atoms with Crippen LogP contribution < -0.4 is 11.3 Å². The Labute approximate surface area is 264 Å². The lowest BCUT2D eigenvalue weighted by Gasteiger charge is -2.30. The molecule has 8 rings (SSSR count). The van der Waals surface area contributed by atoms with Crippen LogP contribution in [0.4, 0.5) is 5.82 Å². The molecule has 4 fully saturated rings. The topological polar surface area (TPSA) is 274 Å². The number of phosphoric acid groups is 2. The summed E-state index contributed by atoms with van der Waals surface area (Å²) in [7, 11) is -8.38. The quantitative estimate of drug-likeness (QED) is 0.181. The number of aromatic nitrogens is 8. The minimum absolute atomic E-state index is 0.0493. The number of aliphatic hydroxyl groups is 1. The first-order valence-corrected chi connectivity index (χ1v) is 17.7. The number of imidazole rings is 2. The molecule has 3 saturated carbocycles. The number of hydrogen-bond donors (Lipinski definition) is 5. The standard InChI is InChI=1S/C25H31N9O11P2/c1-10-31-23-15(24(36)32-10)30-8-33(23)13-3-11-5-42-46(37,38)45-20-17(35)16(34-9-29-14-21(26)27-7-28-22(14)34)12-4-25(12,20)6-43-47(39,40)44-19(13)18(11)41-2/h7-9,11-13,16-20,35H,3-6H2,1-2H3,(H,37,38)(H,39,40)(H2,26,27,28)(H,31,32,36)/t11-,12-,13-,16-,17+,18-,19+,20+,25-/m1/s1. The maximum Gasteiger partial charge on any atom is 0.472 e. The normalized spacial score (nSPS) is 40.4. The van der Waals surface area contributed by atoms with Crippen molar-refractivity contribution < 1.29 is 46.9 Å². The molecule has 4 aliphatic rings. The highest BCUT2D eigenvalue weighted by atomic mass is 31.2. The lowest BCUT2D eigenvalue weighted by atomic mass is 10.0. The molecule has 0 amide bonds. The summed E-state index contributed by atoms with van der Waals surface area (Å²) in [4.78, 5) is 58.2. The number of H-pyrrole nitrogens is 1. The highest BCUT2D eigenvalue weighted by Crippen LogP contribution is 2.72. The highest BCUT2D eigenvalue weighted by Gasteiger charge is 2.74. The fraction of sp³-hybridized carbons (Fsp3) is 0.600. The van der Waals surface area contributed by atoms with E-state index in [1.807, 2.05) is 0 Å². The van der Waals surface area contributed by atoms with Crippen molar-refractivity contribution in [1.82, 2.24) is 39.0 Å². The maximum atomic E-state index is 13.6. The minimum Gasteiger partial charge on any atom is -0.388 e. The van der Waals surface area contributed by atoms with Crippen LogP contribution in [0.2, 0.25) is 0 Å². The van der Waals surface area contributed by atoms with Gasteiger partial charge in [-0.15, -0.1) is 0 Å². The molecule has 4 aromatic rings. The van der Waals surface area contributed by atoms with Crippen LogP contribution in [0.3, 0.4) is 0 Å². The number of aryl methyl sites for hydroxylation is 1. The highest BCUT2D eigenvalue weighted by molar-refractivity contribution is 7.47. The molecule has 4 aromatic heterocycles. The summed E-state index contributed by atoms with van der Waals surface area (Å²) in [5.41, 5.74) is 5.19. The van der Waals surface area contributed by atoms with Gasteiger partial charge in [0.2, 0.25) is 0 Å². The summed E-state index contributed by atoms with van der Waals surface area (Å²) in [6.45, 7) is 0.739. The molecule has 1 aliphatic heterocycles. The summed E-state index contributed by atoms with van der Waals surface area (Å²) >= 11 is 0. The predicted molar refractivity (Wildman–Crippen MR) is 157 cm³/mol. The van der Waals surface area contributed by atoms with Crippen molar-refractivity contribution in [3.8, 4) is 0 Å². The third-order valence-electron chi connectivity index (χ3n) is 9.87. The summed E-state index contributed by atoms with van der Waals surface area (Å²) < 4.78 is 58.5. The van der Waals surface area contributed by atoms with Gasteiger partial charge in [0.25, 0.3) is 5.56 Å². The smallest absolute Gasteiger partial charge is 0.388 e. The second-order valence-electron chi connectivity index (χ2n) is 12.4. The van der Waals surface area contributed by atoms with Gasteiger partial charge in [0.05, 0.1) is 44.1 Å². The number of nitrogens with zero attached hydrogens (tertiary/aromatic N) is 7. The first kappa shape index (κ1) is 31.1. The lowest BCUT2D eigenvalue weighted by molar-refractivity contribution is -0.0350. The van der Waals surface area contributed by atoms with Gasteiger partial charge in [-0.2, -0.15) is 0 Å². The van der Waals surface area contributed by atoms with Crippen LogP contribution in [0.1, 0.15) is 30.7 Å². The maximum absolute atomic E-state index is 13.6. The number of aromatic amines is 1. The molecule has 22 heteroatoms. The van der Waals surface area contributed by atoms with Crippen LogP contribution in [0.5, 0.6) is 0 Å². The molecule has 0 aromatic carbocycles. The molecule has 20 nitrogen and oxygen atoms in total. The summed E-state index contributed by atoms with van der Waals surface area (Å²) in [5, 5.41) is 11.5. The van der Waals surface area contributed by atoms with Crippen LogP contribution in [-0.4, -0.2) is 98.7 Å². The number of ether oxygens (including phenoxy) is 1. The zero-order valence-corrected chi connectivity index (χ0v) is 26.7. The molecule has 6 N–H and O–H groups in total. The van der Waals surface area contributed by atoms with E-state index in [-0.39, 0.29) is 36.4 Å². The predicted octanol–water partition coefficient (Wildman–Crippen LogP) is 0.366. The number of fused-ring (bicyclic) bond motifs is 4. The number of nitrogens with two attached hydrogens (primary N) is 1. The van der Waals surface area contributed by atoms with Crippen molar-refractivity contribution in [2.24, 2.45) is 17.3 Å². The Balaban J connectivity index is 1.15. The molecule has 3 aliphatic carbocycles. The van der Waals surface area contributed by atoms with Gasteiger partial charge in [0, 0.05) is 18.4 Å². The number of nitrogen functional groups attached to an aromatic ring is 1. The van der Waals surface area contributed by atoms with Gasteiger partial charge in [0.15, 0.2) is 22.6 Å². The molecule has 47 heavy (non-hydrogen) atoms. The number of anilines is 1. The Hall–Kier alpha value is -3.16. The molecule has 2 bridgehead atoms. The summed E-state index contributed by atoms with van der Waals surface area (Å²) in [6.07, 6.45) is -0.386. The molecular formula is C25H31N9O11P2. The molecule has 5 heterocycles. The van der Waals surface area contributed by atoms with Gasteiger partial charge >= 0.3 is 15.6 Å². The van der Waals surface area contributed by atoms with E-state index in [9.17, 15) is 28.8 Å². The van der Waals surface area contributed by atoms with E-state index >= 15 is 0 Å². The number of hydrogen-bond acceptors (Lipinski definition) is 15. The van der Waals surface area contributed by atoms with Crippen LogP contribution in [0.15, 0.2) is 23.8 Å². The van der Waals surface area contributed by atoms with Gasteiger partial charge < -0.3 is 39.5 Å². The van der Waals surface area contributed by atoms with Crippen molar-refractivity contribution in [2.75, 3.05) is 26.1 Å². The fourth-order valence-electron chi connectivity index (χ4n) is 7.74. The van der Waals surface area contributed by atoms with Crippen LogP contribution >= 0.6 is 15.6 Å². The van der Waals surface area contributed by atoms with E-state index in [1.165, 1.54) is 26.1 Å². The van der Waals surface area contributed by atoms with Crippen molar-refractivity contribution in [3.63, 3.8) is 0 Å². The van der Waals surface area contributed by atoms with E-state index in [0.717, 1.165) is 0 Å². The van der Waals surface area contributed by atoms with Crippen LogP contribution in [-0.2, 0) is 32.0 Å². The molecule has 11 atom stereocenters. The van der Waals surface area contributed by atoms with Gasteiger partial charge in [-0.1, -0.05) is 0 Å². The van der Waals surface area contributed by atoms with E-state index < -0.39 is 81.6 Å². The Morgan fingerprint density at radius 2 is 1.81 bits per heavy atom. The van der Waals surface area contributed by atoms with Crippen molar-refractivity contribution in [2.45, 2.75) is 56.3 Å². The van der Waals surface area contributed by atoms with Crippen molar-refractivity contribution >= 4 is 43.8 Å². The van der Waals surface area contributed by atoms with E-state index in [4.69, 9.17) is 28.6 Å². The average Bonchev–Trinajstić information content (AvgIpc) is 3.30. The van der Waals surface area contributed by atoms with Crippen molar-refractivity contribution in [3.05, 3.63) is 35.2 Å². The number of methoxy groups -OCH3 is 1. The average molecular weight is 696 g/mol. The largest absolute Gasteiger partial charge is 0.472 e. The van der Waals surface area contributed by atoms with E-state index in [2.05, 4.69) is 29.9 Å². The van der Waals surface area contributed by atoms with Gasteiger partial charge in [-0.05, 0) is 25.7 Å². The second kappa shape index (κ2) is 10.7. The second-order valence-corrected chi connectivity index (χ2v) is 15.3. The number of rotatable bonds is 3. The third-order valence-corrected chi connectivity index (χ3v) is 11.8. The molecule has 252 valence electrons. The van der Waals surface area contributed by atoms with Gasteiger partial charge in [-0.25, -0.2) is 34.0 Å². The Morgan fingerprint density at radius 1 is 1.06 bits per heavy atom. The lowest BCUT2D eigenvalue weighted by Crippen LogP contribution is -2.38. The minimum atomic E-state index is -4.88. The summed E-state index contributed by atoms with van der Waals surface area (Å²) in [5.74, 6) is -0.679. The Morgan fingerprint density at radius 3 is 2.60 bits per heavy atom. The van der Waals surface area contributed by atoms with E-state index in [1.54, 1.807) is 16.1 Å². The van der Waals surface area contributed by atoms with Gasteiger partial charge in [0.1, 0.15) is 36.0 Å². The Bertz CT molecular complexity index is 2050. The summed E-state index contributed by atoms with van der Waals surface area (Å²) in [6, 6.07) is -1.55. The molecule has 2 unspecified atom stereocenters. The molecule has 1 saturated heterocycles. The zero-order chi connectivity index (χ0) is 33.0. The van der Waals surface area contributed by atoms with E-state index in [0.29, 0.717) is 17.0 Å². The molecule has 0 radical (unpaired) electrons. The zero-order valence-electron chi connectivity index (χ0n) is 24.9. The van der Waals surface area contributed by atoms with Crippen LogP contribution in [0.25, 0.3) is 22.3 Å². The SMILES string of the molecule is CO[C@@H]1[C@H]2COP(=O)(O)O[C@H]3[C@@H](O)[C@H](n4cnc5c(N)ncnc54)[C@H]4C[C@@]43COP(=O)(O)O[C@H]1[C@H](n1cnc3c(=O)[nH]c(C)nc31)C2. The Kier molecular flexibility index (Phi) is 7.07. The van der Waals surface area contributed by atoms with Gasteiger partial charge in [-0.3, -0.25) is 22.9 Å². The third kappa shape index (κ3) is 4.89. The first-order valence-electron chi connectivity index (χ1n) is 14.7. The van der Waals surface area contributed by atoms with Crippen LogP contribution in [0, 0.1) is 24.2 Å². The fourth-order valence-corrected chi connectivity index (χ4v) is 9.84. The first-order chi connectivity index (χ1) is 22.3. The number of aliphatic hydroxyl groups excluding tert-OH is 1. The van der Waals surface area contributed by atoms with Crippen molar-refractivity contribution in [1.29, 1.82) is 0 Å².